The molecule has 0 amide bonds. The topological polar surface area (TPSA) is 0 Å². The van der Waals surface area contributed by atoms with Crippen LogP contribution >= 0.6 is 0 Å². The quantitative estimate of drug-likeness (QED) is 0.0916. The molecule has 1 heterocycles. The molecule has 0 spiro atoms. The molecule has 2 aromatic rings. The summed E-state index contributed by atoms with van der Waals surface area (Å²) in [6.07, 6.45) is 7.47. The zero-order valence-electron chi connectivity index (χ0n) is 45.9. The third-order valence-corrected chi connectivity index (χ3v) is 58.8. The van der Waals surface area contributed by atoms with Crippen LogP contribution in [0.4, 0.5) is 0 Å². The number of allylic oxidation sites excluding steroid dienone is 2. The van der Waals surface area contributed by atoms with Gasteiger partial charge in [-0.25, -0.2) is 0 Å². The van der Waals surface area contributed by atoms with E-state index >= 15 is 0 Å². The Hall–Kier alpha value is 0.280. The zero-order chi connectivity index (χ0) is 47.2. The van der Waals surface area contributed by atoms with E-state index in [1.54, 1.807) is 22.3 Å². The first kappa shape index (κ1) is 55.6. The molecule has 1 aliphatic rings. The monoisotopic (exact) mass is 1040 g/mol. The van der Waals surface area contributed by atoms with E-state index in [0.29, 0.717) is 17.8 Å². The van der Waals surface area contributed by atoms with E-state index in [1.807, 2.05) is 25.8 Å². The SMILES string of the molecule is CCC(CC)c1cc(C(CC)CC)[c]([Sn]2([c]3c(C([Si](C)(C)C)[Si](C)(C)C)cc(C([Si](C)(C)C)[Si](C)(C)C)cc3C([Si](C)(C)C)[Si](C)(C)C)[CH2]C(C)=C(C)[CH2]2)c(C(CC)CC)c1. The molecule has 1 aliphatic heterocycles. The average molecular weight is 1040 g/mol. The summed E-state index contributed by atoms with van der Waals surface area (Å²) < 4.78 is 6.91. The number of benzene rings is 2. The molecular weight excluding hydrogens is 936 g/mol. The molecule has 0 aromatic heterocycles. The minimum absolute atomic E-state index is 0.621. The fraction of sp³-hybridized carbons (Fsp3) is 0.741. The van der Waals surface area contributed by atoms with Crippen molar-refractivity contribution in [3.8, 4) is 0 Å². The Labute approximate surface area is 393 Å². The van der Waals surface area contributed by atoms with Crippen molar-refractivity contribution < 1.29 is 0 Å². The van der Waals surface area contributed by atoms with Gasteiger partial charge in [-0.1, -0.05) is 0 Å². The van der Waals surface area contributed by atoms with Crippen molar-refractivity contribution in [1.29, 1.82) is 0 Å². The van der Waals surface area contributed by atoms with Crippen molar-refractivity contribution in [2.45, 2.75) is 254 Å². The molecule has 0 unspecified atom stereocenters. The van der Waals surface area contributed by atoms with Gasteiger partial charge in [0.25, 0.3) is 0 Å². The van der Waals surface area contributed by atoms with Crippen LogP contribution in [-0.4, -0.2) is 66.8 Å². The first-order chi connectivity index (χ1) is 27.6. The van der Waals surface area contributed by atoms with Crippen molar-refractivity contribution >= 4 is 74.0 Å². The van der Waals surface area contributed by atoms with Gasteiger partial charge < -0.3 is 0 Å². The standard InChI is InChI=1S/C27H59Si6.C21H35.C6H10.Sn/c1-28(2,3)25(29(4,5)6)22-19-23(26(30(7,8)9)31(10,11)12)21-24(20-22)27(32(13,14)15)33(16,17)18;1-7-16(8-2)19-13-20(17(9-3)10-4)15-21(14-19)18(11-5)12-6;1-5(2)6(3)4;/h19-20,25-27H,1-18H3;13-14,16-18H,7-12H2,1-6H3;1,3H2,2,4H3;. The molecule has 0 N–H and O–H groups in total. The van der Waals surface area contributed by atoms with E-state index in [0.717, 1.165) is 15.5 Å². The number of hydrogen-bond donors (Lipinski definition) is 0. The van der Waals surface area contributed by atoms with Gasteiger partial charge in [0, 0.05) is 0 Å². The Balaban J connectivity index is 3.10. The van der Waals surface area contributed by atoms with Gasteiger partial charge in [0.05, 0.1) is 0 Å². The molecule has 0 atom stereocenters. The molecule has 61 heavy (non-hydrogen) atoms. The van der Waals surface area contributed by atoms with Gasteiger partial charge in [-0.05, 0) is 0 Å². The van der Waals surface area contributed by atoms with Crippen LogP contribution < -0.4 is 7.16 Å². The van der Waals surface area contributed by atoms with Gasteiger partial charge in [-0.2, -0.15) is 0 Å². The second-order valence-corrected chi connectivity index (χ2v) is 71.8. The van der Waals surface area contributed by atoms with Crippen molar-refractivity contribution in [1.82, 2.24) is 0 Å². The second kappa shape index (κ2) is 20.2. The minimum atomic E-state index is -3.76. The van der Waals surface area contributed by atoms with Crippen molar-refractivity contribution in [2.75, 3.05) is 0 Å². The van der Waals surface area contributed by atoms with Crippen LogP contribution in [0.2, 0.25) is 127 Å². The van der Waals surface area contributed by atoms with Gasteiger partial charge in [0.1, 0.15) is 0 Å². The van der Waals surface area contributed by atoms with E-state index in [2.05, 4.69) is 201 Å². The van der Waals surface area contributed by atoms with Crippen LogP contribution in [0.25, 0.3) is 0 Å². The van der Waals surface area contributed by atoms with Crippen LogP contribution in [0, 0.1) is 0 Å². The zero-order valence-corrected chi connectivity index (χ0v) is 54.8. The molecule has 7 heteroatoms. The second-order valence-electron chi connectivity index (χ2n) is 27.2. The van der Waals surface area contributed by atoms with E-state index in [4.69, 9.17) is 0 Å². The molecule has 0 fully saturated rings. The van der Waals surface area contributed by atoms with E-state index < -0.39 is 66.8 Å². The van der Waals surface area contributed by atoms with Crippen LogP contribution in [0.15, 0.2) is 35.4 Å². The Kier molecular flexibility index (Phi) is 18.5. The Bertz CT molecular complexity index is 1680. The van der Waals surface area contributed by atoms with Gasteiger partial charge >= 0.3 is 397 Å². The van der Waals surface area contributed by atoms with Gasteiger partial charge in [0.2, 0.25) is 0 Å². The van der Waals surface area contributed by atoms with Crippen LogP contribution in [0.5, 0.6) is 0 Å². The molecule has 0 nitrogen and oxygen atoms in total. The molecule has 3 rings (SSSR count). The summed E-state index contributed by atoms with van der Waals surface area (Å²) in [7, 11) is -10.1. The molecule has 0 bridgehead atoms. The first-order valence-corrected chi connectivity index (χ1v) is 54.0. The Morgan fingerprint density at radius 1 is 0.361 bits per heavy atom. The van der Waals surface area contributed by atoms with Crippen molar-refractivity contribution in [3.05, 3.63) is 68.8 Å². The number of rotatable bonds is 20. The van der Waals surface area contributed by atoms with Crippen LogP contribution in [-0.2, 0) is 0 Å². The van der Waals surface area contributed by atoms with Gasteiger partial charge in [-0.15, -0.1) is 0 Å². The summed E-state index contributed by atoms with van der Waals surface area (Å²) >= 11 is -3.76. The van der Waals surface area contributed by atoms with Gasteiger partial charge in [-0.3, -0.25) is 0 Å². The van der Waals surface area contributed by atoms with Crippen LogP contribution in [0.1, 0.15) is 161 Å². The summed E-state index contributed by atoms with van der Waals surface area (Å²) in [5.41, 5.74) is 14.6. The Morgan fingerprint density at radius 3 is 0.852 bits per heavy atom. The van der Waals surface area contributed by atoms with E-state index in [1.165, 1.54) is 47.4 Å². The van der Waals surface area contributed by atoms with Crippen LogP contribution in [0.3, 0.4) is 0 Å². The predicted octanol–water partition coefficient (Wildman–Crippen LogP) is 17.8. The van der Waals surface area contributed by atoms with E-state index in [-0.39, 0.29) is 0 Å². The molecule has 0 saturated heterocycles. The fourth-order valence-electron chi connectivity index (χ4n) is 14.8. The molecule has 0 aliphatic carbocycles. The average Bonchev–Trinajstić information content (AvgIpc) is 3.35. The summed E-state index contributed by atoms with van der Waals surface area (Å²) in [5.74, 6) is 1.88. The van der Waals surface area contributed by atoms with E-state index in [9.17, 15) is 0 Å². The third kappa shape index (κ3) is 12.1. The fourth-order valence-corrected chi connectivity index (χ4v) is 73.7. The normalized spacial score (nSPS) is 16.3. The predicted molar refractivity (Wildman–Crippen MR) is 304 cm³/mol. The number of hydrogen-bond acceptors (Lipinski definition) is 0. The molecule has 2 aromatic carbocycles. The maximum atomic E-state index is 3.07. The molecular formula is C54H104Si6Sn. The summed E-state index contributed by atoms with van der Waals surface area (Å²) in [6, 6.07) is 11.9. The van der Waals surface area contributed by atoms with Crippen molar-refractivity contribution in [3.63, 3.8) is 0 Å². The Morgan fingerprint density at radius 2 is 0.607 bits per heavy atom. The first-order valence-electron chi connectivity index (χ1n) is 25.6. The summed E-state index contributed by atoms with van der Waals surface area (Å²) in [6.45, 7) is 70.1. The molecule has 0 radical (unpaired) electrons. The summed E-state index contributed by atoms with van der Waals surface area (Å²) in [5, 5.41) is 2.21. The maximum absolute atomic E-state index is 3.76. The van der Waals surface area contributed by atoms with Crippen molar-refractivity contribution in [2.24, 2.45) is 0 Å². The summed E-state index contributed by atoms with van der Waals surface area (Å²) in [4.78, 5) is 0. The molecule has 0 saturated carbocycles. The third-order valence-electron chi connectivity index (χ3n) is 15.7. The van der Waals surface area contributed by atoms with Gasteiger partial charge in [0.15, 0.2) is 0 Å². The molecule has 348 valence electrons.